The minimum absolute atomic E-state index is 0.00712. The molecule has 0 aliphatic carbocycles. The van der Waals surface area contributed by atoms with Crippen molar-refractivity contribution in [2.75, 3.05) is 19.6 Å². The average molecular weight is 570 g/mol. The van der Waals surface area contributed by atoms with Crippen LogP contribution in [0.4, 0.5) is 0 Å². The van der Waals surface area contributed by atoms with Gasteiger partial charge in [-0.1, -0.05) is 36.8 Å². The Morgan fingerprint density at radius 2 is 1.39 bits per heavy atom. The summed E-state index contributed by atoms with van der Waals surface area (Å²) in [6.45, 7) is -0.601. The van der Waals surface area contributed by atoms with E-state index in [1.807, 2.05) is 0 Å². The second kappa shape index (κ2) is 15.1. The molecule has 218 valence electrons. The van der Waals surface area contributed by atoms with Crippen LogP contribution in [0.15, 0.2) is 42.5 Å². The fourth-order valence-electron chi connectivity index (χ4n) is 3.99. The summed E-state index contributed by atoms with van der Waals surface area (Å²) < 4.78 is 0. The topological polar surface area (TPSA) is 188 Å². The lowest BCUT2D eigenvalue weighted by atomic mass is 10.1. The van der Waals surface area contributed by atoms with Crippen LogP contribution < -0.4 is 16.0 Å². The molecule has 0 saturated carbocycles. The Balaban J connectivity index is 1.36. The molecule has 1 aromatic rings. The van der Waals surface area contributed by atoms with E-state index in [9.17, 15) is 38.4 Å². The van der Waals surface area contributed by atoms with Crippen molar-refractivity contribution in [2.45, 2.75) is 51.0 Å². The summed E-state index contributed by atoms with van der Waals surface area (Å²) >= 11 is 0. The van der Waals surface area contributed by atoms with Crippen LogP contribution in [0.5, 0.6) is 0 Å². The molecule has 7 amide bonds. The number of hydrogen-bond donors (Lipinski definition) is 3. The molecule has 41 heavy (non-hydrogen) atoms. The van der Waals surface area contributed by atoms with Gasteiger partial charge >= 0.3 is 5.97 Å². The molecule has 1 aromatic carbocycles. The minimum atomic E-state index is -1.25. The van der Waals surface area contributed by atoms with Gasteiger partial charge in [0, 0.05) is 44.4 Å². The van der Waals surface area contributed by atoms with Gasteiger partial charge in [-0.3, -0.25) is 38.5 Å². The van der Waals surface area contributed by atoms with Crippen molar-refractivity contribution in [2.24, 2.45) is 0 Å². The van der Waals surface area contributed by atoms with Crippen LogP contribution in [0.2, 0.25) is 0 Å². The second-order valence-electron chi connectivity index (χ2n) is 9.33. The van der Waals surface area contributed by atoms with Crippen LogP contribution >= 0.6 is 0 Å². The van der Waals surface area contributed by atoms with E-state index in [4.69, 9.17) is 4.84 Å². The van der Waals surface area contributed by atoms with Gasteiger partial charge in [-0.25, -0.2) is 4.79 Å². The third kappa shape index (κ3) is 9.67. The molecule has 3 rings (SSSR count). The van der Waals surface area contributed by atoms with Crippen LogP contribution in [-0.4, -0.2) is 83.0 Å². The Hall–Kier alpha value is -4.88. The molecule has 1 saturated heterocycles. The Morgan fingerprint density at radius 3 is 2.05 bits per heavy atom. The van der Waals surface area contributed by atoms with Crippen molar-refractivity contribution >= 4 is 47.3 Å². The van der Waals surface area contributed by atoms with Gasteiger partial charge in [0.05, 0.1) is 13.1 Å². The number of hydroxylamine groups is 2. The first-order valence-corrected chi connectivity index (χ1v) is 13.1. The Morgan fingerprint density at radius 1 is 0.780 bits per heavy atom. The SMILES string of the molecule is O=C(CCCCCN1C(=O)C=CC1=O)NCC(=O)NCC(=O)N[C@@H](Cc1ccccc1)C(=O)ON1C(=O)CCC1=O. The molecule has 2 aliphatic rings. The van der Waals surface area contributed by atoms with Gasteiger partial charge in [0.1, 0.15) is 6.04 Å². The van der Waals surface area contributed by atoms with Gasteiger partial charge in [-0.05, 0) is 18.4 Å². The zero-order valence-corrected chi connectivity index (χ0v) is 22.3. The molecule has 3 N–H and O–H groups in total. The van der Waals surface area contributed by atoms with Gasteiger partial charge < -0.3 is 20.8 Å². The fourth-order valence-corrected chi connectivity index (χ4v) is 3.99. The Bertz CT molecular complexity index is 1200. The van der Waals surface area contributed by atoms with E-state index in [0.717, 1.165) is 4.90 Å². The molecule has 1 fully saturated rings. The van der Waals surface area contributed by atoms with Gasteiger partial charge in [0.25, 0.3) is 23.6 Å². The summed E-state index contributed by atoms with van der Waals surface area (Å²) in [6, 6.07) is 7.42. The van der Waals surface area contributed by atoms with Gasteiger partial charge in [0.15, 0.2) is 0 Å². The van der Waals surface area contributed by atoms with Crippen molar-refractivity contribution in [3.05, 3.63) is 48.0 Å². The molecular formula is C27H31N5O9. The number of carbonyl (C=O) groups is 8. The van der Waals surface area contributed by atoms with E-state index in [1.165, 1.54) is 12.2 Å². The normalized spacial score (nSPS) is 15.2. The predicted octanol–water partition coefficient (Wildman–Crippen LogP) is -0.961. The first-order valence-electron chi connectivity index (χ1n) is 13.1. The van der Waals surface area contributed by atoms with Crippen LogP contribution in [0.3, 0.4) is 0 Å². The molecule has 2 aliphatic heterocycles. The lowest BCUT2D eigenvalue weighted by molar-refractivity contribution is -0.199. The number of imide groups is 2. The number of hydrogen-bond acceptors (Lipinski definition) is 9. The number of amides is 7. The quantitative estimate of drug-likeness (QED) is 0.176. The van der Waals surface area contributed by atoms with Gasteiger partial charge in [-0.2, -0.15) is 0 Å². The number of benzene rings is 1. The molecule has 0 aromatic heterocycles. The van der Waals surface area contributed by atoms with Crippen LogP contribution in [0.25, 0.3) is 0 Å². The molecule has 0 bridgehead atoms. The van der Waals surface area contributed by atoms with E-state index < -0.39 is 42.2 Å². The van der Waals surface area contributed by atoms with Crippen LogP contribution in [0.1, 0.15) is 44.1 Å². The van der Waals surface area contributed by atoms with Crippen molar-refractivity contribution < 1.29 is 43.2 Å². The maximum atomic E-state index is 12.7. The molecular weight excluding hydrogens is 538 g/mol. The molecule has 14 nitrogen and oxygen atoms in total. The highest BCUT2D eigenvalue weighted by Gasteiger charge is 2.35. The lowest BCUT2D eigenvalue weighted by Crippen LogP contribution is -2.49. The maximum Gasteiger partial charge on any atom is 0.355 e. The number of nitrogens with one attached hydrogen (secondary N) is 3. The highest BCUT2D eigenvalue weighted by molar-refractivity contribution is 6.12. The van der Waals surface area contributed by atoms with Crippen molar-refractivity contribution in [3.63, 3.8) is 0 Å². The zero-order chi connectivity index (χ0) is 29.8. The summed E-state index contributed by atoms with van der Waals surface area (Å²) in [5.74, 6) is -4.78. The number of rotatable bonds is 15. The third-order valence-electron chi connectivity index (χ3n) is 6.17. The van der Waals surface area contributed by atoms with Crippen molar-refractivity contribution in [1.29, 1.82) is 0 Å². The monoisotopic (exact) mass is 569 g/mol. The van der Waals surface area contributed by atoms with E-state index in [0.29, 0.717) is 29.9 Å². The third-order valence-corrected chi connectivity index (χ3v) is 6.17. The zero-order valence-electron chi connectivity index (χ0n) is 22.3. The summed E-state index contributed by atoms with van der Waals surface area (Å²) in [5, 5.41) is 7.61. The largest absolute Gasteiger partial charge is 0.355 e. The smallest absolute Gasteiger partial charge is 0.347 e. The summed E-state index contributed by atoms with van der Waals surface area (Å²) in [7, 11) is 0. The highest BCUT2D eigenvalue weighted by atomic mass is 16.7. The number of nitrogens with zero attached hydrogens (tertiary/aromatic N) is 2. The van der Waals surface area contributed by atoms with Gasteiger partial charge in [-0.15, -0.1) is 5.06 Å². The van der Waals surface area contributed by atoms with Crippen LogP contribution in [0, 0.1) is 0 Å². The molecule has 14 heteroatoms. The lowest BCUT2D eigenvalue weighted by Gasteiger charge is -2.20. The Kier molecular flexibility index (Phi) is 11.3. The fraction of sp³-hybridized carbons (Fsp3) is 0.407. The summed E-state index contributed by atoms with van der Waals surface area (Å²) in [5.41, 5.74) is 0.676. The van der Waals surface area contributed by atoms with Gasteiger partial charge in [0.2, 0.25) is 17.7 Å². The predicted molar refractivity (Wildman–Crippen MR) is 140 cm³/mol. The molecule has 2 heterocycles. The molecule has 1 atom stereocenters. The minimum Gasteiger partial charge on any atom is -0.347 e. The van der Waals surface area contributed by atoms with Crippen molar-refractivity contribution in [1.82, 2.24) is 25.9 Å². The van der Waals surface area contributed by atoms with Crippen molar-refractivity contribution in [3.8, 4) is 0 Å². The van der Waals surface area contributed by atoms with E-state index in [2.05, 4.69) is 16.0 Å². The summed E-state index contributed by atoms with van der Waals surface area (Å²) in [6.07, 6.45) is 4.05. The highest BCUT2D eigenvalue weighted by Crippen LogP contribution is 2.14. The standard InChI is InChI=1S/C27H31N5O9/c33-20(9-5-2-6-14-31-23(36)10-11-24(31)37)28-16-21(34)29-17-22(35)30-19(15-18-7-3-1-4-8-18)27(40)41-32-25(38)12-13-26(32)39/h1,3-4,7-8,10-11,19H,2,5-6,9,12-17H2,(H,28,33)(H,29,34)(H,30,35)/t19-/m0/s1. The van der Waals surface area contributed by atoms with E-state index in [1.54, 1.807) is 30.3 Å². The molecule has 0 unspecified atom stereocenters. The maximum absolute atomic E-state index is 12.7. The average Bonchev–Trinajstić information content (AvgIpc) is 3.45. The molecule has 0 spiro atoms. The van der Waals surface area contributed by atoms with Crippen LogP contribution in [-0.2, 0) is 49.6 Å². The molecule has 0 radical (unpaired) electrons. The van der Waals surface area contributed by atoms with E-state index >= 15 is 0 Å². The first-order chi connectivity index (χ1) is 19.6. The summed E-state index contributed by atoms with van der Waals surface area (Å²) in [4.78, 5) is 102. The number of unbranched alkanes of at least 4 members (excludes halogenated alkanes) is 2. The van der Waals surface area contributed by atoms with E-state index in [-0.39, 0.29) is 56.5 Å². The first kappa shape index (κ1) is 30.7. The second-order valence-corrected chi connectivity index (χ2v) is 9.33. The Labute approximate surface area is 235 Å². The number of carbonyl (C=O) groups excluding carboxylic acids is 8.